The molecule has 3 aromatic heterocycles. The minimum atomic E-state index is -0.605. The lowest BCUT2D eigenvalue weighted by molar-refractivity contribution is -0.132. The molecule has 0 atom stereocenters. The number of halogens is 2. The Morgan fingerprint density at radius 2 is 2.12 bits per heavy atom. The summed E-state index contributed by atoms with van der Waals surface area (Å²) in [5.41, 5.74) is 0.265. The quantitative estimate of drug-likeness (QED) is 0.697. The third-order valence-corrected chi connectivity index (χ3v) is 5.14. The van der Waals surface area contributed by atoms with E-state index < -0.39 is 5.54 Å². The molecule has 3 aromatic rings. The lowest BCUT2D eigenvalue weighted by Crippen LogP contribution is -2.54. The maximum Gasteiger partial charge on any atom is 0.248 e. The number of hydrogen-bond donors (Lipinski definition) is 2. The molecule has 1 amide bonds. The van der Waals surface area contributed by atoms with Crippen molar-refractivity contribution in [2.75, 3.05) is 13.1 Å². The van der Waals surface area contributed by atoms with Crippen LogP contribution in [0.5, 0.6) is 0 Å². The maximum absolute atomic E-state index is 12.9. The van der Waals surface area contributed by atoms with Crippen LogP contribution in [-0.4, -0.2) is 38.2 Å². The Morgan fingerprint density at radius 3 is 2.80 bits per heavy atom. The summed E-state index contributed by atoms with van der Waals surface area (Å²) in [6, 6.07) is 1.86. The summed E-state index contributed by atoms with van der Waals surface area (Å²) in [5, 5.41) is 12.7. The third-order valence-electron chi connectivity index (χ3n) is 4.37. The van der Waals surface area contributed by atoms with Crippen LogP contribution in [0.2, 0.25) is 0 Å². The van der Waals surface area contributed by atoms with Gasteiger partial charge in [-0.15, -0.1) is 36.2 Å². The molecule has 0 saturated carbocycles. The first kappa shape index (κ1) is 19.7. The summed E-state index contributed by atoms with van der Waals surface area (Å²) in [5.74, 6) is 0.0130. The maximum atomic E-state index is 12.9. The van der Waals surface area contributed by atoms with Crippen LogP contribution in [-0.2, 0) is 16.9 Å². The van der Waals surface area contributed by atoms with Crippen molar-refractivity contribution in [2.24, 2.45) is 0 Å². The van der Waals surface area contributed by atoms with Crippen LogP contribution in [0.15, 0.2) is 36.2 Å². The highest BCUT2D eigenvalue weighted by atomic mass is 35.5. The highest BCUT2D eigenvalue weighted by molar-refractivity contribution is 7.15. The minimum absolute atomic E-state index is 0. The van der Waals surface area contributed by atoms with Gasteiger partial charge in [0.15, 0.2) is 4.96 Å². The topological polar surface area (TPSA) is 76.2 Å². The zero-order valence-electron chi connectivity index (χ0n) is 13.4. The van der Waals surface area contributed by atoms with E-state index in [9.17, 15) is 4.79 Å². The van der Waals surface area contributed by atoms with Gasteiger partial charge in [0.2, 0.25) is 5.91 Å². The fourth-order valence-electron chi connectivity index (χ4n) is 3.12. The Balaban J connectivity index is 0.00000113. The molecular formula is C15H20Cl2N6OS. The molecule has 25 heavy (non-hydrogen) atoms. The van der Waals surface area contributed by atoms with E-state index in [-0.39, 0.29) is 30.7 Å². The molecular weight excluding hydrogens is 383 g/mol. The van der Waals surface area contributed by atoms with Gasteiger partial charge in [0.05, 0.1) is 12.2 Å². The van der Waals surface area contributed by atoms with Crippen LogP contribution >= 0.6 is 36.2 Å². The summed E-state index contributed by atoms with van der Waals surface area (Å²) in [6.07, 6.45) is 8.99. The second-order valence-electron chi connectivity index (χ2n) is 5.74. The van der Waals surface area contributed by atoms with E-state index in [1.807, 2.05) is 34.4 Å². The van der Waals surface area contributed by atoms with Gasteiger partial charge >= 0.3 is 0 Å². The molecule has 0 spiro atoms. The van der Waals surface area contributed by atoms with E-state index in [0.717, 1.165) is 36.6 Å². The number of carbonyl (C=O) groups is 1. The molecule has 10 heteroatoms. The normalized spacial score (nSPS) is 16.0. The molecule has 4 heterocycles. The van der Waals surface area contributed by atoms with Gasteiger partial charge in [-0.25, -0.2) is 4.98 Å². The van der Waals surface area contributed by atoms with Crippen molar-refractivity contribution in [2.45, 2.75) is 24.9 Å². The zero-order valence-corrected chi connectivity index (χ0v) is 15.9. The molecule has 0 unspecified atom stereocenters. The van der Waals surface area contributed by atoms with E-state index in [1.54, 1.807) is 22.2 Å². The molecule has 0 bridgehead atoms. The molecule has 1 aliphatic rings. The fraction of sp³-hybridized carbons (Fsp3) is 0.400. The van der Waals surface area contributed by atoms with E-state index in [2.05, 4.69) is 20.7 Å². The van der Waals surface area contributed by atoms with Crippen LogP contribution in [0.4, 0.5) is 0 Å². The van der Waals surface area contributed by atoms with Crippen molar-refractivity contribution in [3.63, 3.8) is 0 Å². The Kier molecular flexibility index (Phi) is 6.45. The van der Waals surface area contributed by atoms with Crippen molar-refractivity contribution in [1.29, 1.82) is 0 Å². The van der Waals surface area contributed by atoms with E-state index in [1.165, 1.54) is 0 Å². The molecule has 1 aliphatic heterocycles. The zero-order chi connectivity index (χ0) is 15.7. The van der Waals surface area contributed by atoms with Crippen molar-refractivity contribution in [3.8, 4) is 0 Å². The number of nitrogens with zero attached hydrogens (tertiary/aromatic N) is 4. The summed E-state index contributed by atoms with van der Waals surface area (Å²) >= 11 is 1.58. The first-order valence-corrected chi connectivity index (χ1v) is 8.56. The molecule has 4 rings (SSSR count). The summed E-state index contributed by atoms with van der Waals surface area (Å²) in [6.45, 7) is 2.06. The molecule has 1 fully saturated rings. The fourth-order valence-corrected chi connectivity index (χ4v) is 3.84. The van der Waals surface area contributed by atoms with Crippen LogP contribution in [0.1, 0.15) is 18.5 Å². The number of rotatable bonds is 4. The van der Waals surface area contributed by atoms with E-state index >= 15 is 0 Å². The largest absolute Gasteiger partial charge is 0.348 e. The Bertz CT molecular complexity index is 781. The number of aromatic nitrogens is 4. The monoisotopic (exact) mass is 402 g/mol. The molecule has 2 N–H and O–H groups in total. The molecule has 0 aromatic carbocycles. The van der Waals surface area contributed by atoms with Gasteiger partial charge in [0.1, 0.15) is 5.54 Å². The van der Waals surface area contributed by atoms with Gasteiger partial charge in [-0.2, -0.15) is 5.10 Å². The smallest absolute Gasteiger partial charge is 0.248 e. The number of thiazole rings is 1. The second-order valence-corrected chi connectivity index (χ2v) is 6.61. The molecule has 0 aliphatic carbocycles. The van der Waals surface area contributed by atoms with Gasteiger partial charge in [-0.1, -0.05) is 0 Å². The molecule has 7 nitrogen and oxygen atoms in total. The standard InChI is InChI=1S/C15H18N6OS.2ClH/c22-13(17-10-12-11-20-8-9-23-14(20)19-12)15(2-5-16-6-3-15)21-7-1-4-18-21;;/h1,4,7-9,11,16H,2-3,5-6,10H2,(H,17,22);2*1H. The number of amides is 1. The summed E-state index contributed by atoms with van der Waals surface area (Å²) < 4.78 is 3.77. The van der Waals surface area contributed by atoms with E-state index in [4.69, 9.17) is 0 Å². The number of piperidine rings is 1. The van der Waals surface area contributed by atoms with Crippen LogP contribution < -0.4 is 10.6 Å². The van der Waals surface area contributed by atoms with Crippen molar-refractivity contribution in [3.05, 3.63) is 41.9 Å². The SMILES string of the molecule is Cl.Cl.O=C(NCc1cn2ccsc2n1)C1(n2cccn2)CCNCC1. The summed E-state index contributed by atoms with van der Waals surface area (Å²) in [4.78, 5) is 18.4. The summed E-state index contributed by atoms with van der Waals surface area (Å²) in [7, 11) is 0. The first-order chi connectivity index (χ1) is 11.3. The van der Waals surface area contributed by atoms with Crippen LogP contribution in [0.25, 0.3) is 4.96 Å². The van der Waals surface area contributed by atoms with Crippen LogP contribution in [0.3, 0.4) is 0 Å². The number of fused-ring (bicyclic) bond motifs is 1. The predicted molar refractivity (Wildman–Crippen MR) is 102 cm³/mol. The lowest BCUT2D eigenvalue weighted by Gasteiger charge is -2.36. The average Bonchev–Trinajstić information content (AvgIpc) is 3.29. The van der Waals surface area contributed by atoms with Gasteiger partial charge in [0.25, 0.3) is 0 Å². The minimum Gasteiger partial charge on any atom is -0.348 e. The third kappa shape index (κ3) is 3.67. The molecule has 1 saturated heterocycles. The highest BCUT2D eigenvalue weighted by Crippen LogP contribution is 2.27. The van der Waals surface area contributed by atoms with Gasteiger partial charge in [-0.05, 0) is 32.0 Å². The first-order valence-electron chi connectivity index (χ1n) is 7.68. The van der Waals surface area contributed by atoms with Gasteiger partial charge in [0, 0.05) is 30.2 Å². The highest BCUT2D eigenvalue weighted by Gasteiger charge is 2.41. The van der Waals surface area contributed by atoms with E-state index in [0.29, 0.717) is 6.54 Å². The molecule has 136 valence electrons. The number of carbonyl (C=O) groups excluding carboxylic acids is 1. The Labute approximate surface area is 161 Å². The lowest BCUT2D eigenvalue weighted by atomic mass is 9.87. The molecule has 0 radical (unpaired) electrons. The van der Waals surface area contributed by atoms with Crippen molar-refractivity contribution >= 4 is 47.0 Å². The van der Waals surface area contributed by atoms with Gasteiger partial charge in [-0.3, -0.25) is 13.9 Å². The Hall–Kier alpha value is -1.61. The predicted octanol–water partition coefficient (Wildman–Crippen LogP) is 1.83. The number of nitrogens with one attached hydrogen (secondary N) is 2. The van der Waals surface area contributed by atoms with Crippen molar-refractivity contribution in [1.82, 2.24) is 29.8 Å². The van der Waals surface area contributed by atoms with Crippen molar-refractivity contribution < 1.29 is 4.79 Å². The Morgan fingerprint density at radius 1 is 1.32 bits per heavy atom. The van der Waals surface area contributed by atoms with Crippen LogP contribution in [0, 0.1) is 0 Å². The average molecular weight is 403 g/mol. The number of hydrogen-bond acceptors (Lipinski definition) is 5. The van der Waals surface area contributed by atoms with Gasteiger partial charge < -0.3 is 10.6 Å². The second kappa shape index (κ2) is 8.18. The number of imidazole rings is 1.